The van der Waals surface area contributed by atoms with Gasteiger partial charge in [0.25, 0.3) is 0 Å². The lowest BCUT2D eigenvalue weighted by atomic mass is 9.97. The molecule has 0 radical (unpaired) electrons. The lowest BCUT2D eigenvalue weighted by Crippen LogP contribution is -2.28. The Kier molecular flexibility index (Phi) is 4.58. The summed E-state index contributed by atoms with van der Waals surface area (Å²) in [6, 6.07) is 0. The molecule has 66 valence electrons. The lowest BCUT2D eigenvalue weighted by molar-refractivity contribution is 0.0411. The molecule has 0 bridgehead atoms. The van der Waals surface area contributed by atoms with Gasteiger partial charge < -0.3 is 4.74 Å². The molecule has 0 aromatic heterocycles. The first-order chi connectivity index (χ1) is 5.34. The summed E-state index contributed by atoms with van der Waals surface area (Å²) < 4.78 is 5.48. The van der Waals surface area contributed by atoms with Crippen LogP contribution in [0.25, 0.3) is 0 Å². The molecule has 1 nitrogen and oxygen atoms in total. The van der Waals surface area contributed by atoms with Gasteiger partial charge >= 0.3 is 0 Å². The predicted octanol–water partition coefficient (Wildman–Crippen LogP) is 2.79. The molecule has 0 amide bonds. The summed E-state index contributed by atoms with van der Waals surface area (Å²) in [4.78, 5) is 0. The van der Waals surface area contributed by atoms with Gasteiger partial charge in [-0.25, -0.2) is 0 Å². The number of alkyl halides is 2. The van der Waals surface area contributed by atoms with Gasteiger partial charge in [0.05, 0.1) is 18.1 Å². The minimum Gasteiger partial charge on any atom is -0.375 e. The predicted molar refractivity (Wildman–Crippen MR) is 48.6 cm³/mol. The van der Waals surface area contributed by atoms with Crippen LogP contribution in [0.4, 0.5) is 0 Å². The van der Waals surface area contributed by atoms with E-state index in [0.29, 0.717) is 12.5 Å². The van der Waals surface area contributed by atoms with Crippen molar-refractivity contribution in [2.45, 2.75) is 37.2 Å². The van der Waals surface area contributed by atoms with Gasteiger partial charge in [-0.3, -0.25) is 0 Å². The molecule has 0 N–H and O–H groups in total. The standard InChI is InChI=1S/C8H14Cl2O/c9-5-6-11-8-4-2-1-3-7(8)10/h7-8H,1-6H2. The molecule has 0 aliphatic heterocycles. The molecular weight excluding hydrogens is 183 g/mol. The average Bonchev–Trinajstić information content (AvgIpc) is 2.03. The summed E-state index contributed by atoms with van der Waals surface area (Å²) in [5, 5.41) is 0.215. The number of hydrogen-bond donors (Lipinski definition) is 0. The molecule has 1 aliphatic carbocycles. The first-order valence-electron chi connectivity index (χ1n) is 4.16. The Balaban J connectivity index is 2.18. The zero-order valence-electron chi connectivity index (χ0n) is 6.56. The molecule has 1 saturated carbocycles. The van der Waals surface area contributed by atoms with E-state index in [2.05, 4.69) is 0 Å². The fourth-order valence-corrected chi connectivity index (χ4v) is 1.88. The Morgan fingerprint density at radius 3 is 2.64 bits per heavy atom. The second-order valence-corrected chi connectivity index (χ2v) is 3.84. The van der Waals surface area contributed by atoms with E-state index < -0.39 is 0 Å². The van der Waals surface area contributed by atoms with E-state index in [9.17, 15) is 0 Å². The van der Waals surface area contributed by atoms with Crippen molar-refractivity contribution >= 4 is 23.2 Å². The summed E-state index contributed by atoms with van der Waals surface area (Å²) in [5.74, 6) is 0.570. The van der Waals surface area contributed by atoms with Gasteiger partial charge in [0.2, 0.25) is 0 Å². The summed E-state index contributed by atoms with van der Waals surface area (Å²) >= 11 is 11.6. The second kappa shape index (κ2) is 5.23. The highest BCUT2D eigenvalue weighted by molar-refractivity contribution is 6.21. The van der Waals surface area contributed by atoms with Crippen LogP contribution in [0.2, 0.25) is 0 Å². The van der Waals surface area contributed by atoms with Gasteiger partial charge in [0.15, 0.2) is 0 Å². The Hall–Kier alpha value is 0.540. The smallest absolute Gasteiger partial charge is 0.0739 e. The van der Waals surface area contributed by atoms with Gasteiger partial charge in [-0.05, 0) is 12.8 Å². The maximum Gasteiger partial charge on any atom is 0.0739 e. The number of ether oxygens (including phenoxy) is 1. The number of halogens is 2. The first kappa shape index (κ1) is 9.63. The van der Waals surface area contributed by atoms with Gasteiger partial charge in [-0.2, -0.15) is 0 Å². The molecule has 0 heterocycles. The van der Waals surface area contributed by atoms with Crippen LogP contribution in [0.5, 0.6) is 0 Å². The third-order valence-corrected chi connectivity index (χ3v) is 2.68. The van der Waals surface area contributed by atoms with Crippen LogP contribution in [-0.4, -0.2) is 24.0 Å². The minimum atomic E-state index is 0.215. The molecule has 3 heteroatoms. The monoisotopic (exact) mass is 196 g/mol. The van der Waals surface area contributed by atoms with Gasteiger partial charge in [0.1, 0.15) is 0 Å². The molecule has 1 rings (SSSR count). The Morgan fingerprint density at radius 2 is 2.00 bits per heavy atom. The zero-order valence-corrected chi connectivity index (χ0v) is 8.07. The molecule has 11 heavy (non-hydrogen) atoms. The van der Waals surface area contributed by atoms with E-state index in [1.54, 1.807) is 0 Å². The first-order valence-corrected chi connectivity index (χ1v) is 5.13. The third-order valence-electron chi connectivity index (χ3n) is 2.03. The number of rotatable bonds is 3. The van der Waals surface area contributed by atoms with Crippen molar-refractivity contribution in [3.8, 4) is 0 Å². The summed E-state index contributed by atoms with van der Waals surface area (Å²) in [6.07, 6.45) is 4.94. The van der Waals surface area contributed by atoms with Gasteiger partial charge in [-0.15, -0.1) is 23.2 Å². The van der Waals surface area contributed by atoms with Crippen LogP contribution in [0.15, 0.2) is 0 Å². The Bertz CT molecular complexity index is 108. The minimum absolute atomic E-state index is 0.215. The van der Waals surface area contributed by atoms with E-state index in [1.807, 2.05) is 0 Å². The van der Waals surface area contributed by atoms with Gasteiger partial charge in [0, 0.05) is 5.88 Å². The van der Waals surface area contributed by atoms with Crippen LogP contribution < -0.4 is 0 Å². The van der Waals surface area contributed by atoms with E-state index in [0.717, 1.165) is 12.8 Å². The van der Waals surface area contributed by atoms with Crippen molar-refractivity contribution in [2.75, 3.05) is 12.5 Å². The van der Waals surface area contributed by atoms with Crippen molar-refractivity contribution in [1.29, 1.82) is 0 Å². The summed E-state index contributed by atoms with van der Waals surface area (Å²) in [5.41, 5.74) is 0. The Labute approximate surface area is 78.0 Å². The summed E-state index contributed by atoms with van der Waals surface area (Å²) in [7, 11) is 0. The molecule has 0 aromatic carbocycles. The normalized spacial score (nSPS) is 32.2. The zero-order chi connectivity index (χ0) is 8.10. The van der Waals surface area contributed by atoms with E-state index in [-0.39, 0.29) is 11.5 Å². The third kappa shape index (κ3) is 3.18. The molecular formula is C8H14Cl2O. The van der Waals surface area contributed by atoms with E-state index in [4.69, 9.17) is 27.9 Å². The second-order valence-electron chi connectivity index (χ2n) is 2.90. The quantitative estimate of drug-likeness (QED) is 0.632. The van der Waals surface area contributed by atoms with Crippen LogP contribution in [0, 0.1) is 0 Å². The molecule has 1 fully saturated rings. The number of hydrogen-bond acceptors (Lipinski definition) is 1. The highest BCUT2D eigenvalue weighted by Crippen LogP contribution is 2.25. The summed E-state index contributed by atoms with van der Waals surface area (Å²) in [6.45, 7) is 0.634. The van der Waals surface area contributed by atoms with Crippen molar-refractivity contribution in [2.24, 2.45) is 0 Å². The maximum absolute atomic E-state index is 6.05. The van der Waals surface area contributed by atoms with Crippen LogP contribution in [0.3, 0.4) is 0 Å². The van der Waals surface area contributed by atoms with Crippen LogP contribution in [-0.2, 0) is 4.74 Å². The van der Waals surface area contributed by atoms with Crippen molar-refractivity contribution in [3.63, 3.8) is 0 Å². The topological polar surface area (TPSA) is 9.23 Å². The molecule has 2 unspecified atom stereocenters. The molecule has 0 spiro atoms. The highest BCUT2D eigenvalue weighted by Gasteiger charge is 2.23. The van der Waals surface area contributed by atoms with E-state index >= 15 is 0 Å². The van der Waals surface area contributed by atoms with Crippen LogP contribution in [0.1, 0.15) is 25.7 Å². The SMILES string of the molecule is ClCCOC1CCCCC1Cl. The van der Waals surface area contributed by atoms with Crippen LogP contribution >= 0.6 is 23.2 Å². The maximum atomic E-state index is 6.05. The van der Waals surface area contributed by atoms with Crippen molar-refractivity contribution in [3.05, 3.63) is 0 Å². The molecule has 0 saturated heterocycles. The highest BCUT2D eigenvalue weighted by atomic mass is 35.5. The van der Waals surface area contributed by atoms with Crippen molar-refractivity contribution < 1.29 is 4.74 Å². The average molecular weight is 197 g/mol. The molecule has 0 aromatic rings. The largest absolute Gasteiger partial charge is 0.375 e. The molecule has 1 aliphatic rings. The fraction of sp³-hybridized carbons (Fsp3) is 1.00. The molecule has 2 atom stereocenters. The van der Waals surface area contributed by atoms with Gasteiger partial charge in [-0.1, -0.05) is 12.8 Å². The Morgan fingerprint density at radius 1 is 1.27 bits per heavy atom. The van der Waals surface area contributed by atoms with Crippen molar-refractivity contribution in [1.82, 2.24) is 0 Å². The fourth-order valence-electron chi connectivity index (χ4n) is 1.44. The van der Waals surface area contributed by atoms with E-state index in [1.165, 1.54) is 12.8 Å². The lowest BCUT2D eigenvalue weighted by Gasteiger charge is -2.26.